The third-order valence-electron chi connectivity index (χ3n) is 10.7. The van der Waals surface area contributed by atoms with Gasteiger partial charge in [0, 0.05) is 29.6 Å². The van der Waals surface area contributed by atoms with E-state index in [0.717, 1.165) is 16.5 Å². The fraction of sp³-hybridized carbons (Fsp3) is 0.526. The van der Waals surface area contributed by atoms with Crippen molar-refractivity contribution in [2.75, 3.05) is 26.3 Å². The number of ether oxygens (including phenoxy) is 4. The normalized spacial score (nSPS) is 18.5. The lowest BCUT2D eigenvalue weighted by Crippen LogP contribution is -2.44. The summed E-state index contributed by atoms with van der Waals surface area (Å²) in [5, 5.41) is 12.0. The number of aryl methyl sites for hydroxylation is 1. The lowest BCUT2D eigenvalue weighted by molar-refractivity contribution is -0.172. The van der Waals surface area contributed by atoms with E-state index in [1.54, 1.807) is 61.4 Å². The van der Waals surface area contributed by atoms with Gasteiger partial charge in [-0.25, -0.2) is 14.6 Å². The van der Waals surface area contributed by atoms with Crippen molar-refractivity contribution in [3.05, 3.63) is 56.9 Å². The fourth-order valence-electron chi connectivity index (χ4n) is 7.54. The summed E-state index contributed by atoms with van der Waals surface area (Å²) < 4.78 is 23.0. The predicted molar refractivity (Wildman–Crippen MR) is 185 cm³/mol. The standard InChI is InChI=1S/C38H45N3O10/c1-6-24-25-18-23(51-36(46)40-16-13-22(14-17-40)12-15-37(5,33(43)48-8-3)34(44)49-9-4)10-11-29(25)39-31-26(24)20-41-30(31)19-28-27(32(41)42)21-50-35(45)38(28,47)7-2/h10-11,18-19,22,47H,6-9,12-17,20-21H2,1-5H3. The molecule has 0 radical (unpaired) electrons. The topological polar surface area (TPSA) is 164 Å². The van der Waals surface area contributed by atoms with Gasteiger partial charge in [-0.1, -0.05) is 13.8 Å². The zero-order chi connectivity index (χ0) is 36.7. The summed E-state index contributed by atoms with van der Waals surface area (Å²) in [7, 11) is 0. The Morgan fingerprint density at radius 2 is 1.71 bits per heavy atom. The molecule has 0 aliphatic carbocycles. The molecule has 3 aliphatic heterocycles. The molecule has 5 heterocycles. The van der Waals surface area contributed by atoms with Crippen molar-refractivity contribution in [3.8, 4) is 17.1 Å². The summed E-state index contributed by atoms with van der Waals surface area (Å²) in [6.45, 7) is 10.0. The Labute approximate surface area is 295 Å². The molecule has 13 heteroatoms. The number of esters is 3. The molecule has 0 saturated carbocycles. The Bertz CT molecular complexity index is 1940. The number of rotatable bonds is 10. The molecular formula is C38H45N3O10. The van der Waals surface area contributed by atoms with E-state index in [0.29, 0.717) is 67.8 Å². The molecule has 51 heavy (non-hydrogen) atoms. The number of aliphatic hydroxyl groups is 1. The van der Waals surface area contributed by atoms with Crippen LogP contribution >= 0.6 is 0 Å². The Balaban J connectivity index is 1.16. The van der Waals surface area contributed by atoms with Gasteiger partial charge >= 0.3 is 24.0 Å². The number of carbonyl (C=O) groups is 4. The molecule has 1 aromatic carbocycles. The van der Waals surface area contributed by atoms with Crippen molar-refractivity contribution in [2.24, 2.45) is 11.3 Å². The third-order valence-corrected chi connectivity index (χ3v) is 10.7. The van der Waals surface area contributed by atoms with Gasteiger partial charge in [-0.15, -0.1) is 0 Å². The number of carbonyl (C=O) groups excluding carboxylic acids is 4. The molecule has 6 rings (SSSR count). The lowest BCUT2D eigenvalue weighted by atomic mass is 9.80. The van der Waals surface area contributed by atoms with Crippen molar-refractivity contribution < 1.29 is 43.2 Å². The molecule has 1 saturated heterocycles. The van der Waals surface area contributed by atoms with Gasteiger partial charge < -0.3 is 33.5 Å². The number of pyridine rings is 2. The van der Waals surface area contributed by atoms with Crippen LogP contribution < -0.4 is 10.3 Å². The highest BCUT2D eigenvalue weighted by Gasteiger charge is 2.46. The van der Waals surface area contributed by atoms with Crippen LogP contribution in [0.25, 0.3) is 22.3 Å². The molecule has 0 bridgehead atoms. The van der Waals surface area contributed by atoms with E-state index in [-0.39, 0.29) is 55.4 Å². The molecule has 13 nitrogen and oxygen atoms in total. The maximum absolute atomic E-state index is 13.6. The summed E-state index contributed by atoms with van der Waals surface area (Å²) in [6, 6.07) is 6.98. The number of cyclic esters (lactones) is 1. The van der Waals surface area contributed by atoms with E-state index in [1.807, 2.05) is 6.92 Å². The van der Waals surface area contributed by atoms with Crippen LogP contribution in [0.2, 0.25) is 0 Å². The first-order valence-electron chi connectivity index (χ1n) is 17.8. The molecule has 1 fully saturated rings. The second kappa shape index (κ2) is 14.1. The number of likely N-dealkylation sites (tertiary alicyclic amines) is 1. The second-order valence-corrected chi connectivity index (χ2v) is 13.7. The van der Waals surface area contributed by atoms with Crippen LogP contribution in [-0.4, -0.2) is 69.9 Å². The summed E-state index contributed by atoms with van der Waals surface area (Å²) in [4.78, 5) is 71.4. The van der Waals surface area contributed by atoms with E-state index >= 15 is 0 Å². The second-order valence-electron chi connectivity index (χ2n) is 13.7. The number of hydrogen-bond donors (Lipinski definition) is 1. The predicted octanol–water partition coefficient (Wildman–Crippen LogP) is 4.77. The number of amides is 1. The zero-order valence-electron chi connectivity index (χ0n) is 29.8. The van der Waals surface area contributed by atoms with Gasteiger partial charge in [0.1, 0.15) is 12.4 Å². The van der Waals surface area contributed by atoms with Crippen LogP contribution in [0.1, 0.15) is 89.0 Å². The monoisotopic (exact) mass is 703 g/mol. The van der Waals surface area contributed by atoms with Crippen molar-refractivity contribution >= 4 is 34.9 Å². The van der Waals surface area contributed by atoms with Crippen molar-refractivity contribution in [3.63, 3.8) is 0 Å². The maximum atomic E-state index is 13.6. The largest absolute Gasteiger partial charge is 0.465 e. The molecule has 2 aromatic heterocycles. The van der Waals surface area contributed by atoms with E-state index in [4.69, 9.17) is 23.9 Å². The van der Waals surface area contributed by atoms with Gasteiger partial charge in [-0.3, -0.25) is 14.4 Å². The number of piperidine rings is 1. The molecule has 1 N–H and O–H groups in total. The number of aromatic nitrogens is 2. The summed E-state index contributed by atoms with van der Waals surface area (Å²) >= 11 is 0. The van der Waals surface area contributed by atoms with Crippen LogP contribution in [-0.2, 0) is 53.8 Å². The molecule has 1 unspecified atom stereocenters. The molecule has 0 spiro atoms. The van der Waals surface area contributed by atoms with Gasteiger partial charge in [0.15, 0.2) is 11.0 Å². The summed E-state index contributed by atoms with van der Waals surface area (Å²) in [5.41, 5.74) is 0.578. The van der Waals surface area contributed by atoms with Crippen LogP contribution in [0, 0.1) is 11.3 Å². The molecule has 1 atom stereocenters. The molecule has 3 aromatic rings. The zero-order valence-corrected chi connectivity index (χ0v) is 29.8. The van der Waals surface area contributed by atoms with Gasteiger partial charge in [-0.05, 0) is 95.0 Å². The highest BCUT2D eigenvalue weighted by molar-refractivity contribution is 5.99. The summed E-state index contributed by atoms with van der Waals surface area (Å²) in [6.07, 6.45) is 2.53. The highest BCUT2D eigenvalue weighted by Crippen LogP contribution is 2.41. The van der Waals surface area contributed by atoms with Crippen molar-refractivity contribution in [1.29, 1.82) is 0 Å². The molecule has 272 valence electrons. The smallest absolute Gasteiger partial charge is 0.415 e. The van der Waals surface area contributed by atoms with Gasteiger partial charge in [0.2, 0.25) is 0 Å². The van der Waals surface area contributed by atoms with Gasteiger partial charge in [0.25, 0.3) is 5.56 Å². The minimum absolute atomic E-state index is 0.0627. The fourth-order valence-corrected chi connectivity index (χ4v) is 7.54. The first-order valence-corrected chi connectivity index (χ1v) is 17.8. The number of fused-ring (bicyclic) bond motifs is 5. The Morgan fingerprint density at radius 3 is 2.33 bits per heavy atom. The highest BCUT2D eigenvalue weighted by atomic mass is 16.6. The van der Waals surface area contributed by atoms with Crippen molar-refractivity contribution in [1.82, 2.24) is 14.5 Å². The molecular weight excluding hydrogens is 658 g/mol. The number of hydrogen-bond acceptors (Lipinski definition) is 11. The van der Waals surface area contributed by atoms with E-state index in [2.05, 4.69) is 0 Å². The number of benzene rings is 1. The third kappa shape index (κ3) is 6.25. The molecule has 3 aliphatic rings. The van der Waals surface area contributed by atoms with Gasteiger partial charge in [-0.2, -0.15) is 0 Å². The average Bonchev–Trinajstić information content (AvgIpc) is 3.50. The molecule has 1 amide bonds. The first kappa shape index (κ1) is 36.0. The van der Waals surface area contributed by atoms with E-state index in [9.17, 15) is 29.1 Å². The van der Waals surface area contributed by atoms with Crippen LogP contribution in [0.5, 0.6) is 5.75 Å². The Kier molecular flexibility index (Phi) is 9.95. The van der Waals surface area contributed by atoms with Crippen LogP contribution in [0.4, 0.5) is 4.79 Å². The minimum Gasteiger partial charge on any atom is -0.465 e. The quantitative estimate of drug-likeness (QED) is 0.138. The Morgan fingerprint density at radius 1 is 1.02 bits per heavy atom. The van der Waals surface area contributed by atoms with Crippen LogP contribution in [0.3, 0.4) is 0 Å². The van der Waals surface area contributed by atoms with Crippen LogP contribution in [0.15, 0.2) is 29.1 Å². The first-order chi connectivity index (χ1) is 24.4. The SMILES string of the molecule is CCOC(=O)C(C)(CCC1CCN(C(=O)Oc2ccc3nc4c(c(CC)c3c2)Cn2c-4cc3c(c2=O)COC(=O)C3(O)CC)CC1)C(=O)OCC. The lowest BCUT2D eigenvalue weighted by Gasteiger charge is -2.33. The maximum Gasteiger partial charge on any atom is 0.415 e. The summed E-state index contributed by atoms with van der Waals surface area (Å²) in [5.74, 6) is -1.35. The van der Waals surface area contributed by atoms with E-state index in [1.165, 1.54) is 0 Å². The van der Waals surface area contributed by atoms with E-state index < -0.39 is 35.0 Å². The minimum atomic E-state index is -1.90. The number of nitrogens with zero attached hydrogens (tertiary/aromatic N) is 3. The Hall–Kier alpha value is -4.78. The average molecular weight is 704 g/mol. The van der Waals surface area contributed by atoms with Crippen molar-refractivity contribution in [2.45, 2.75) is 91.9 Å². The van der Waals surface area contributed by atoms with Gasteiger partial charge in [0.05, 0.1) is 42.2 Å².